The average molecular weight is 223 g/mol. The van der Waals surface area contributed by atoms with E-state index in [1.54, 1.807) is 12.1 Å². The lowest BCUT2D eigenvalue weighted by Crippen LogP contribution is -2.03. The SMILES string of the molecule is CCCCCNc1ccc([N+](=O)[O-])c(N)c1. The average Bonchev–Trinajstić information content (AvgIpc) is 2.24. The molecular formula is C11H17N3O2. The first kappa shape index (κ1) is 12.3. The molecule has 16 heavy (non-hydrogen) atoms. The van der Waals surface area contributed by atoms with E-state index in [1.165, 1.54) is 18.9 Å². The van der Waals surface area contributed by atoms with Gasteiger partial charge in [0.2, 0.25) is 0 Å². The summed E-state index contributed by atoms with van der Waals surface area (Å²) in [6.45, 7) is 3.01. The van der Waals surface area contributed by atoms with E-state index < -0.39 is 4.92 Å². The Hall–Kier alpha value is -1.78. The zero-order chi connectivity index (χ0) is 12.0. The molecule has 0 saturated heterocycles. The quantitative estimate of drug-likeness (QED) is 0.336. The number of nitrogens with one attached hydrogen (secondary N) is 1. The van der Waals surface area contributed by atoms with Gasteiger partial charge in [-0.3, -0.25) is 10.1 Å². The first-order valence-electron chi connectivity index (χ1n) is 5.43. The highest BCUT2D eigenvalue weighted by atomic mass is 16.6. The van der Waals surface area contributed by atoms with Crippen molar-refractivity contribution in [1.82, 2.24) is 0 Å². The highest BCUT2D eigenvalue weighted by Crippen LogP contribution is 2.24. The van der Waals surface area contributed by atoms with Gasteiger partial charge in [0.05, 0.1) is 4.92 Å². The van der Waals surface area contributed by atoms with Crippen molar-refractivity contribution in [1.29, 1.82) is 0 Å². The van der Waals surface area contributed by atoms with E-state index in [0.717, 1.165) is 18.7 Å². The van der Waals surface area contributed by atoms with E-state index in [4.69, 9.17) is 5.73 Å². The molecule has 0 aliphatic rings. The number of hydrogen-bond donors (Lipinski definition) is 2. The van der Waals surface area contributed by atoms with E-state index in [-0.39, 0.29) is 11.4 Å². The molecule has 0 aromatic heterocycles. The van der Waals surface area contributed by atoms with Gasteiger partial charge < -0.3 is 11.1 Å². The van der Waals surface area contributed by atoms with Gasteiger partial charge in [0.15, 0.2) is 0 Å². The second-order valence-corrected chi connectivity index (χ2v) is 3.66. The van der Waals surface area contributed by atoms with Gasteiger partial charge in [-0.05, 0) is 18.6 Å². The number of unbranched alkanes of at least 4 members (excludes halogenated alkanes) is 2. The van der Waals surface area contributed by atoms with Gasteiger partial charge in [-0.15, -0.1) is 0 Å². The zero-order valence-corrected chi connectivity index (χ0v) is 9.40. The number of rotatable bonds is 6. The van der Waals surface area contributed by atoms with Gasteiger partial charge >= 0.3 is 0 Å². The topological polar surface area (TPSA) is 81.2 Å². The smallest absolute Gasteiger partial charge is 0.292 e. The van der Waals surface area contributed by atoms with Crippen LogP contribution in [-0.2, 0) is 0 Å². The van der Waals surface area contributed by atoms with Gasteiger partial charge in [-0.1, -0.05) is 19.8 Å². The lowest BCUT2D eigenvalue weighted by atomic mass is 10.2. The van der Waals surface area contributed by atoms with Crippen molar-refractivity contribution >= 4 is 17.1 Å². The van der Waals surface area contributed by atoms with Crippen LogP contribution in [0.25, 0.3) is 0 Å². The molecule has 0 heterocycles. The first-order chi connectivity index (χ1) is 7.65. The molecule has 1 aromatic carbocycles. The molecule has 0 aliphatic heterocycles. The fourth-order valence-electron chi connectivity index (χ4n) is 1.44. The summed E-state index contributed by atoms with van der Waals surface area (Å²) in [6.07, 6.45) is 3.44. The second-order valence-electron chi connectivity index (χ2n) is 3.66. The van der Waals surface area contributed by atoms with E-state index in [2.05, 4.69) is 12.2 Å². The molecule has 0 atom stereocenters. The number of nitro groups is 1. The summed E-state index contributed by atoms with van der Waals surface area (Å²) >= 11 is 0. The molecule has 1 rings (SSSR count). The lowest BCUT2D eigenvalue weighted by Gasteiger charge is -2.06. The molecular weight excluding hydrogens is 206 g/mol. The largest absolute Gasteiger partial charge is 0.393 e. The number of hydrogen-bond acceptors (Lipinski definition) is 4. The van der Waals surface area contributed by atoms with Crippen LogP contribution in [0.4, 0.5) is 17.1 Å². The summed E-state index contributed by atoms with van der Waals surface area (Å²) in [6, 6.07) is 4.71. The van der Waals surface area contributed by atoms with Crippen LogP contribution in [0.2, 0.25) is 0 Å². The Bertz CT molecular complexity index is 366. The number of nitrogens with two attached hydrogens (primary N) is 1. The maximum atomic E-state index is 10.5. The molecule has 88 valence electrons. The van der Waals surface area contributed by atoms with E-state index in [1.807, 2.05) is 0 Å². The fraction of sp³-hybridized carbons (Fsp3) is 0.455. The van der Waals surface area contributed by atoms with Gasteiger partial charge in [-0.25, -0.2) is 0 Å². The Morgan fingerprint density at radius 3 is 2.75 bits per heavy atom. The number of nitrogens with zero attached hydrogens (tertiary/aromatic N) is 1. The van der Waals surface area contributed by atoms with Crippen LogP contribution in [0.1, 0.15) is 26.2 Å². The van der Waals surface area contributed by atoms with Crippen LogP contribution in [0.15, 0.2) is 18.2 Å². The van der Waals surface area contributed by atoms with Gasteiger partial charge in [-0.2, -0.15) is 0 Å². The minimum Gasteiger partial charge on any atom is -0.393 e. The van der Waals surface area contributed by atoms with Crippen molar-refractivity contribution in [3.63, 3.8) is 0 Å². The van der Waals surface area contributed by atoms with Gasteiger partial charge in [0.1, 0.15) is 5.69 Å². The van der Waals surface area contributed by atoms with Crippen molar-refractivity contribution < 1.29 is 4.92 Å². The molecule has 0 unspecified atom stereocenters. The Morgan fingerprint density at radius 1 is 1.44 bits per heavy atom. The van der Waals surface area contributed by atoms with Crippen molar-refractivity contribution in [2.75, 3.05) is 17.6 Å². The Morgan fingerprint density at radius 2 is 2.19 bits per heavy atom. The van der Waals surface area contributed by atoms with Crippen LogP contribution in [-0.4, -0.2) is 11.5 Å². The summed E-state index contributed by atoms with van der Waals surface area (Å²) in [5.74, 6) is 0. The summed E-state index contributed by atoms with van der Waals surface area (Å²) in [5.41, 5.74) is 6.56. The summed E-state index contributed by atoms with van der Waals surface area (Å²) in [4.78, 5) is 10.1. The van der Waals surface area contributed by atoms with E-state index in [9.17, 15) is 10.1 Å². The van der Waals surface area contributed by atoms with Crippen molar-refractivity contribution in [3.8, 4) is 0 Å². The Labute approximate surface area is 94.8 Å². The van der Waals surface area contributed by atoms with E-state index >= 15 is 0 Å². The zero-order valence-electron chi connectivity index (χ0n) is 9.40. The lowest BCUT2D eigenvalue weighted by molar-refractivity contribution is -0.383. The van der Waals surface area contributed by atoms with Crippen LogP contribution < -0.4 is 11.1 Å². The molecule has 0 amide bonds. The monoisotopic (exact) mass is 223 g/mol. The van der Waals surface area contributed by atoms with Crippen molar-refractivity contribution in [2.45, 2.75) is 26.2 Å². The third kappa shape index (κ3) is 3.42. The fourth-order valence-corrected chi connectivity index (χ4v) is 1.44. The molecule has 0 aliphatic carbocycles. The molecule has 0 radical (unpaired) electrons. The van der Waals surface area contributed by atoms with Gasteiger partial charge in [0, 0.05) is 18.3 Å². The highest BCUT2D eigenvalue weighted by Gasteiger charge is 2.10. The maximum Gasteiger partial charge on any atom is 0.292 e. The van der Waals surface area contributed by atoms with Crippen LogP contribution in [0.3, 0.4) is 0 Å². The Kier molecular flexibility index (Phi) is 4.57. The molecule has 5 heteroatoms. The molecule has 0 bridgehead atoms. The molecule has 0 spiro atoms. The van der Waals surface area contributed by atoms with Gasteiger partial charge in [0.25, 0.3) is 5.69 Å². The molecule has 0 saturated carbocycles. The number of nitrogen functional groups attached to an aromatic ring is 1. The third-order valence-corrected chi connectivity index (χ3v) is 2.33. The third-order valence-electron chi connectivity index (χ3n) is 2.33. The molecule has 0 fully saturated rings. The van der Waals surface area contributed by atoms with Crippen molar-refractivity contribution in [2.24, 2.45) is 0 Å². The maximum absolute atomic E-state index is 10.5. The van der Waals surface area contributed by atoms with Crippen molar-refractivity contribution in [3.05, 3.63) is 28.3 Å². The van der Waals surface area contributed by atoms with E-state index in [0.29, 0.717) is 0 Å². The number of anilines is 2. The predicted molar refractivity (Wildman–Crippen MR) is 65.5 cm³/mol. The second kappa shape index (κ2) is 5.95. The summed E-state index contributed by atoms with van der Waals surface area (Å²) in [5, 5.41) is 13.7. The Balaban J connectivity index is 2.56. The minimum atomic E-state index is -0.476. The molecule has 5 nitrogen and oxygen atoms in total. The normalized spacial score (nSPS) is 10.1. The van der Waals surface area contributed by atoms with Crippen LogP contribution in [0.5, 0.6) is 0 Å². The predicted octanol–water partition coefficient (Wildman–Crippen LogP) is 2.78. The molecule has 3 N–H and O–H groups in total. The summed E-state index contributed by atoms with van der Waals surface area (Å²) < 4.78 is 0. The number of benzene rings is 1. The minimum absolute atomic E-state index is 0.0425. The summed E-state index contributed by atoms with van der Waals surface area (Å²) in [7, 11) is 0. The highest BCUT2D eigenvalue weighted by molar-refractivity contribution is 5.65. The van der Waals surface area contributed by atoms with Crippen LogP contribution in [0, 0.1) is 10.1 Å². The van der Waals surface area contributed by atoms with Crippen LogP contribution >= 0.6 is 0 Å². The standard InChI is InChI=1S/C11H17N3O2/c1-2-3-4-7-13-9-5-6-11(14(15)16)10(12)8-9/h5-6,8,13H,2-4,7,12H2,1H3. The first-order valence-corrected chi connectivity index (χ1v) is 5.43. The number of nitro benzene ring substituents is 1. The molecule has 1 aromatic rings.